The number of carbonyl (C=O) groups is 3. The van der Waals surface area contributed by atoms with Gasteiger partial charge in [-0.05, 0) is 30.7 Å². The highest BCUT2D eigenvalue weighted by Crippen LogP contribution is 2.30. The summed E-state index contributed by atoms with van der Waals surface area (Å²) in [6.45, 7) is 1.62. The Labute approximate surface area is 155 Å². The van der Waals surface area contributed by atoms with Crippen LogP contribution in [0.4, 0.5) is 16.2 Å². The summed E-state index contributed by atoms with van der Waals surface area (Å²) in [7, 11) is 0. The first kappa shape index (κ1) is 18.2. The normalized spacial score (nSPS) is 13.4. The summed E-state index contributed by atoms with van der Waals surface area (Å²) in [5.74, 6) is -0.153. The average Bonchev–Trinajstić information content (AvgIpc) is 2.66. The van der Waals surface area contributed by atoms with E-state index >= 15 is 0 Å². The first-order valence-electron chi connectivity index (χ1n) is 8.36. The number of fused-ring (bicyclic) bond motifs is 1. The molecule has 0 aromatic heterocycles. The molecule has 0 fully saturated rings. The van der Waals surface area contributed by atoms with Crippen LogP contribution in [0.2, 0.25) is 0 Å². The quantitative estimate of drug-likeness (QED) is 0.750. The smallest absolute Gasteiger partial charge is 0.408 e. The maximum atomic E-state index is 12.3. The predicted molar refractivity (Wildman–Crippen MR) is 98.4 cm³/mol. The van der Waals surface area contributed by atoms with E-state index in [1.54, 1.807) is 25.1 Å². The molecule has 2 aromatic carbocycles. The van der Waals surface area contributed by atoms with Gasteiger partial charge in [-0.2, -0.15) is 0 Å². The predicted octanol–water partition coefficient (Wildman–Crippen LogP) is 2.27. The Morgan fingerprint density at radius 2 is 2.00 bits per heavy atom. The molecular formula is C19H19N3O5. The monoisotopic (exact) mass is 369 g/mol. The summed E-state index contributed by atoms with van der Waals surface area (Å²) in [6, 6.07) is 13.3. The van der Waals surface area contributed by atoms with Crippen LogP contribution in [0.1, 0.15) is 12.5 Å². The minimum absolute atomic E-state index is 0.0370. The molecule has 1 aliphatic rings. The number of nitrogens with one attached hydrogen (secondary N) is 3. The molecule has 8 heteroatoms. The van der Waals surface area contributed by atoms with Gasteiger partial charge in [0, 0.05) is 5.69 Å². The van der Waals surface area contributed by atoms with E-state index in [1.807, 2.05) is 30.3 Å². The van der Waals surface area contributed by atoms with Crippen LogP contribution in [0.3, 0.4) is 0 Å². The molecule has 3 amide bonds. The van der Waals surface area contributed by atoms with Crippen molar-refractivity contribution in [2.45, 2.75) is 19.6 Å². The van der Waals surface area contributed by atoms with Crippen LogP contribution < -0.4 is 20.7 Å². The molecule has 1 aliphatic heterocycles. The molecule has 3 rings (SSSR count). The number of hydrogen-bond donors (Lipinski definition) is 3. The Bertz CT molecular complexity index is 854. The second-order valence-electron chi connectivity index (χ2n) is 5.96. The first-order valence-corrected chi connectivity index (χ1v) is 8.36. The fourth-order valence-corrected chi connectivity index (χ4v) is 2.42. The van der Waals surface area contributed by atoms with Crippen molar-refractivity contribution >= 4 is 29.3 Å². The Hall–Kier alpha value is -3.55. The molecule has 0 unspecified atom stereocenters. The minimum atomic E-state index is -0.810. The van der Waals surface area contributed by atoms with Crippen molar-refractivity contribution in [1.82, 2.24) is 5.32 Å². The molecule has 0 bridgehead atoms. The standard InChI is InChI=1S/C19H19N3O5/c1-12(20-19(25)27-10-13-5-3-2-4-6-13)18(24)21-14-7-8-16-15(9-14)22-17(23)11-26-16/h2-9,12H,10-11H2,1H3,(H,20,25)(H,21,24)(H,22,23)/t12-/m0/s1. The molecule has 0 saturated heterocycles. The fraction of sp³-hybridized carbons (Fsp3) is 0.211. The minimum Gasteiger partial charge on any atom is -0.482 e. The molecule has 2 aromatic rings. The van der Waals surface area contributed by atoms with Gasteiger partial charge in [0.2, 0.25) is 5.91 Å². The van der Waals surface area contributed by atoms with E-state index in [-0.39, 0.29) is 19.1 Å². The van der Waals surface area contributed by atoms with E-state index in [1.165, 1.54) is 0 Å². The van der Waals surface area contributed by atoms with Crippen molar-refractivity contribution in [3.05, 3.63) is 54.1 Å². The van der Waals surface area contributed by atoms with Gasteiger partial charge < -0.3 is 25.4 Å². The lowest BCUT2D eigenvalue weighted by Gasteiger charge is -2.19. The molecule has 0 radical (unpaired) electrons. The lowest BCUT2D eigenvalue weighted by Crippen LogP contribution is -2.41. The largest absolute Gasteiger partial charge is 0.482 e. The van der Waals surface area contributed by atoms with Gasteiger partial charge in [-0.15, -0.1) is 0 Å². The van der Waals surface area contributed by atoms with Crippen molar-refractivity contribution in [2.24, 2.45) is 0 Å². The Kier molecular flexibility index (Phi) is 5.55. The highest BCUT2D eigenvalue weighted by Gasteiger charge is 2.19. The Morgan fingerprint density at radius 1 is 1.22 bits per heavy atom. The van der Waals surface area contributed by atoms with Gasteiger partial charge in [0.1, 0.15) is 18.4 Å². The fourth-order valence-electron chi connectivity index (χ4n) is 2.42. The highest BCUT2D eigenvalue weighted by atomic mass is 16.5. The van der Waals surface area contributed by atoms with Gasteiger partial charge in [0.25, 0.3) is 5.91 Å². The third-order valence-corrected chi connectivity index (χ3v) is 3.82. The van der Waals surface area contributed by atoms with Crippen LogP contribution in [0.25, 0.3) is 0 Å². The van der Waals surface area contributed by atoms with E-state index in [0.717, 1.165) is 5.56 Å². The van der Waals surface area contributed by atoms with Crippen LogP contribution in [0.15, 0.2) is 48.5 Å². The van der Waals surface area contributed by atoms with Crippen LogP contribution in [0, 0.1) is 0 Å². The van der Waals surface area contributed by atoms with Crippen molar-refractivity contribution < 1.29 is 23.9 Å². The van der Waals surface area contributed by atoms with Gasteiger partial charge in [0.05, 0.1) is 5.69 Å². The van der Waals surface area contributed by atoms with E-state index in [9.17, 15) is 14.4 Å². The van der Waals surface area contributed by atoms with Crippen LogP contribution in [-0.4, -0.2) is 30.6 Å². The molecule has 0 spiro atoms. The Morgan fingerprint density at radius 3 is 2.78 bits per heavy atom. The molecule has 0 aliphatic carbocycles. The van der Waals surface area contributed by atoms with Crippen LogP contribution in [0.5, 0.6) is 5.75 Å². The number of benzene rings is 2. The number of hydrogen-bond acceptors (Lipinski definition) is 5. The maximum Gasteiger partial charge on any atom is 0.408 e. The van der Waals surface area contributed by atoms with Gasteiger partial charge >= 0.3 is 6.09 Å². The van der Waals surface area contributed by atoms with Crippen molar-refractivity contribution in [3.63, 3.8) is 0 Å². The summed E-state index contributed by atoms with van der Waals surface area (Å²) in [6.07, 6.45) is -0.687. The van der Waals surface area contributed by atoms with Gasteiger partial charge in [-0.3, -0.25) is 9.59 Å². The number of alkyl carbamates (subject to hydrolysis) is 1. The summed E-state index contributed by atoms with van der Waals surface area (Å²) in [4.78, 5) is 35.5. The number of carbonyl (C=O) groups excluding carboxylic acids is 3. The van der Waals surface area contributed by atoms with Crippen LogP contribution >= 0.6 is 0 Å². The number of rotatable bonds is 5. The first-order chi connectivity index (χ1) is 13.0. The number of ether oxygens (including phenoxy) is 2. The summed E-state index contributed by atoms with van der Waals surface area (Å²) < 4.78 is 10.4. The van der Waals surface area contributed by atoms with Gasteiger partial charge in [-0.1, -0.05) is 30.3 Å². The van der Waals surface area contributed by atoms with E-state index in [2.05, 4.69) is 16.0 Å². The van der Waals surface area contributed by atoms with Gasteiger partial charge in [-0.25, -0.2) is 4.79 Å². The number of anilines is 2. The zero-order valence-electron chi connectivity index (χ0n) is 14.7. The molecule has 140 valence electrons. The average molecular weight is 369 g/mol. The molecule has 1 atom stereocenters. The van der Waals surface area contributed by atoms with E-state index in [4.69, 9.17) is 9.47 Å². The van der Waals surface area contributed by atoms with Crippen molar-refractivity contribution in [1.29, 1.82) is 0 Å². The van der Waals surface area contributed by atoms with Crippen LogP contribution in [-0.2, 0) is 20.9 Å². The molecule has 0 saturated carbocycles. The van der Waals surface area contributed by atoms with E-state index < -0.39 is 18.0 Å². The molecular weight excluding hydrogens is 350 g/mol. The number of amides is 3. The summed E-state index contributed by atoms with van der Waals surface area (Å²) >= 11 is 0. The summed E-state index contributed by atoms with van der Waals surface area (Å²) in [5.41, 5.74) is 1.80. The molecule has 3 N–H and O–H groups in total. The van der Waals surface area contributed by atoms with Crippen molar-refractivity contribution in [3.8, 4) is 5.75 Å². The molecule has 8 nitrogen and oxygen atoms in total. The zero-order chi connectivity index (χ0) is 19.2. The lowest BCUT2D eigenvalue weighted by atomic mass is 10.2. The second-order valence-corrected chi connectivity index (χ2v) is 5.96. The SMILES string of the molecule is C[C@H](NC(=O)OCc1ccccc1)C(=O)Nc1ccc2c(c1)NC(=O)CO2. The third kappa shape index (κ3) is 4.97. The molecule has 1 heterocycles. The van der Waals surface area contributed by atoms with Crippen molar-refractivity contribution in [2.75, 3.05) is 17.2 Å². The highest BCUT2D eigenvalue weighted by molar-refractivity contribution is 5.99. The lowest BCUT2D eigenvalue weighted by molar-refractivity contribution is -0.119. The second kappa shape index (κ2) is 8.22. The van der Waals surface area contributed by atoms with Gasteiger partial charge in [0.15, 0.2) is 6.61 Å². The van der Waals surface area contributed by atoms with E-state index in [0.29, 0.717) is 17.1 Å². The Balaban J connectivity index is 1.51. The zero-order valence-corrected chi connectivity index (χ0v) is 14.7. The summed E-state index contributed by atoms with van der Waals surface area (Å²) in [5, 5.41) is 7.80. The maximum absolute atomic E-state index is 12.3. The topological polar surface area (TPSA) is 106 Å². The molecule has 27 heavy (non-hydrogen) atoms. The third-order valence-electron chi connectivity index (χ3n) is 3.82.